The molecule has 0 amide bonds. The molecule has 0 heterocycles. The highest BCUT2D eigenvalue weighted by Gasteiger charge is 2.27. The Balaban J connectivity index is 1.72. The van der Waals surface area contributed by atoms with Crippen molar-refractivity contribution in [2.45, 2.75) is 57.0 Å². The highest BCUT2D eigenvalue weighted by molar-refractivity contribution is 7.89. The second-order valence-corrected chi connectivity index (χ2v) is 9.78. The summed E-state index contributed by atoms with van der Waals surface area (Å²) in [7, 11) is -3.42. The lowest BCUT2D eigenvalue weighted by Gasteiger charge is -2.26. The molecule has 152 valence electrons. The van der Waals surface area contributed by atoms with Crippen LogP contribution in [-0.2, 0) is 10.0 Å². The van der Waals surface area contributed by atoms with Gasteiger partial charge in [-0.05, 0) is 23.5 Å². The zero-order valence-corrected chi connectivity index (χ0v) is 17.3. The van der Waals surface area contributed by atoms with E-state index in [1.54, 1.807) is 0 Å². The number of hydrogen-bond donors (Lipinski definition) is 2. The first kappa shape index (κ1) is 21.0. The molecule has 1 aliphatic rings. The molecule has 1 fully saturated rings. The average Bonchev–Trinajstić information content (AvgIpc) is 3.00. The molecule has 1 aliphatic carbocycles. The number of nitrogens with one attached hydrogen (secondary N) is 1. The van der Waals surface area contributed by atoms with Crippen LogP contribution in [0.25, 0.3) is 0 Å². The van der Waals surface area contributed by atoms with Gasteiger partial charge in [0.15, 0.2) is 0 Å². The van der Waals surface area contributed by atoms with Gasteiger partial charge in [0, 0.05) is 0 Å². The van der Waals surface area contributed by atoms with E-state index in [4.69, 9.17) is 5.73 Å². The van der Waals surface area contributed by atoms with Crippen molar-refractivity contribution in [2.75, 3.05) is 5.75 Å². The quantitative estimate of drug-likeness (QED) is 0.631. The molecule has 0 bridgehead atoms. The van der Waals surface area contributed by atoms with Gasteiger partial charge in [0.25, 0.3) is 0 Å². The molecule has 2 aromatic rings. The minimum Gasteiger partial charge on any atom is -0.322 e. The fourth-order valence-electron chi connectivity index (χ4n) is 4.10. The normalized spacial score (nSPS) is 18.3. The van der Waals surface area contributed by atoms with E-state index in [9.17, 15) is 8.42 Å². The minimum atomic E-state index is -3.42. The van der Waals surface area contributed by atoms with Gasteiger partial charge in [-0.25, -0.2) is 13.1 Å². The Bertz CT molecular complexity index is 801. The summed E-state index contributed by atoms with van der Waals surface area (Å²) < 4.78 is 28.7. The third-order valence-electron chi connectivity index (χ3n) is 5.78. The van der Waals surface area contributed by atoms with Crippen molar-refractivity contribution in [1.29, 1.82) is 0 Å². The van der Waals surface area contributed by atoms with E-state index in [-0.39, 0.29) is 5.75 Å². The Morgan fingerprint density at radius 1 is 0.857 bits per heavy atom. The van der Waals surface area contributed by atoms with Crippen molar-refractivity contribution >= 4 is 10.0 Å². The summed E-state index contributed by atoms with van der Waals surface area (Å²) in [4.78, 5) is 0. The molecule has 2 unspecified atom stereocenters. The average molecular weight is 401 g/mol. The van der Waals surface area contributed by atoms with E-state index in [0.717, 1.165) is 30.4 Å². The van der Waals surface area contributed by atoms with Gasteiger partial charge in [0.1, 0.15) is 0 Å². The molecule has 0 radical (unpaired) electrons. The van der Waals surface area contributed by atoms with Crippen LogP contribution in [0, 0.1) is 5.92 Å². The van der Waals surface area contributed by atoms with Crippen molar-refractivity contribution in [3.8, 4) is 0 Å². The van der Waals surface area contributed by atoms with Crippen LogP contribution in [0.1, 0.15) is 68.2 Å². The lowest BCUT2D eigenvalue weighted by Crippen LogP contribution is -2.37. The van der Waals surface area contributed by atoms with Gasteiger partial charge in [0.2, 0.25) is 10.0 Å². The zero-order valence-electron chi connectivity index (χ0n) is 16.5. The SMILES string of the molecule is NC(c1ccccc1)C(NS(=O)(=O)CCC1CCCCCC1)c1ccccc1. The van der Waals surface area contributed by atoms with Crippen LogP contribution in [0.5, 0.6) is 0 Å². The molecule has 2 aromatic carbocycles. The number of benzene rings is 2. The predicted octanol–water partition coefficient (Wildman–Crippen LogP) is 4.71. The van der Waals surface area contributed by atoms with Crippen molar-refractivity contribution in [3.05, 3.63) is 71.8 Å². The summed E-state index contributed by atoms with van der Waals surface area (Å²) in [5.41, 5.74) is 8.32. The van der Waals surface area contributed by atoms with Crippen LogP contribution >= 0.6 is 0 Å². The maximum absolute atomic E-state index is 12.9. The molecule has 0 aromatic heterocycles. The number of nitrogens with two attached hydrogens (primary N) is 1. The van der Waals surface area contributed by atoms with E-state index in [1.807, 2.05) is 60.7 Å². The summed E-state index contributed by atoms with van der Waals surface area (Å²) in [6.07, 6.45) is 8.06. The van der Waals surface area contributed by atoms with Crippen molar-refractivity contribution in [2.24, 2.45) is 11.7 Å². The third-order valence-corrected chi connectivity index (χ3v) is 7.16. The topological polar surface area (TPSA) is 72.2 Å². The van der Waals surface area contributed by atoms with Gasteiger partial charge in [-0.3, -0.25) is 0 Å². The van der Waals surface area contributed by atoms with Crippen LogP contribution in [0.15, 0.2) is 60.7 Å². The first-order valence-electron chi connectivity index (χ1n) is 10.4. The van der Waals surface area contributed by atoms with Gasteiger partial charge < -0.3 is 5.73 Å². The molecule has 28 heavy (non-hydrogen) atoms. The van der Waals surface area contributed by atoms with Gasteiger partial charge in [0.05, 0.1) is 17.8 Å². The van der Waals surface area contributed by atoms with E-state index >= 15 is 0 Å². The number of hydrogen-bond acceptors (Lipinski definition) is 3. The fraction of sp³-hybridized carbons (Fsp3) is 0.478. The summed E-state index contributed by atoms with van der Waals surface area (Å²) >= 11 is 0. The summed E-state index contributed by atoms with van der Waals surface area (Å²) in [6, 6.07) is 18.4. The standard InChI is InChI=1S/C23H32N2O2S/c24-22(20-13-7-3-8-14-20)23(21-15-9-4-10-16-21)25-28(26,27)18-17-19-11-5-1-2-6-12-19/h3-4,7-10,13-16,19,22-23,25H,1-2,5-6,11-12,17-18,24H2. The summed E-state index contributed by atoms with van der Waals surface area (Å²) in [5, 5.41) is 0. The molecule has 3 N–H and O–H groups in total. The molecule has 0 aliphatic heterocycles. The van der Waals surface area contributed by atoms with Crippen LogP contribution in [-0.4, -0.2) is 14.2 Å². The van der Waals surface area contributed by atoms with E-state index in [1.165, 1.54) is 25.7 Å². The molecule has 2 atom stereocenters. The van der Waals surface area contributed by atoms with Crippen LogP contribution in [0.4, 0.5) is 0 Å². The van der Waals surface area contributed by atoms with Gasteiger partial charge in [-0.15, -0.1) is 0 Å². The van der Waals surface area contributed by atoms with E-state index in [0.29, 0.717) is 5.92 Å². The first-order valence-corrected chi connectivity index (χ1v) is 12.1. The molecule has 0 spiro atoms. The Kier molecular flexibility index (Phi) is 7.65. The van der Waals surface area contributed by atoms with E-state index < -0.39 is 22.1 Å². The molecule has 0 saturated heterocycles. The van der Waals surface area contributed by atoms with Gasteiger partial charge >= 0.3 is 0 Å². The van der Waals surface area contributed by atoms with Crippen molar-refractivity contribution in [1.82, 2.24) is 4.72 Å². The van der Waals surface area contributed by atoms with Crippen molar-refractivity contribution in [3.63, 3.8) is 0 Å². The Morgan fingerprint density at radius 2 is 1.39 bits per heavy atom. The van der Waals surface area contributed by atoms with Gasteiger partial charge in [-0.1, -0.05) is 99.2 Å². The Morgan fingerprint density at radius 3 is 1.96 bits per heavy atom. The zero-order chi connectivity index (χ0) is 19.8. The Labute approximate surface area is 169 Å². The minimum absolute atomic E-state index is 0.169. The number of rotatable bonds is 8. The van der Waals surface area contributed by atoms with Crippen molar-refractivity contribution < 1.29 is 8.42 Å². The molecule has 4 nitrogen and oxygen atoms in total. The Hall–Kier alpha value is -1.69. The summed E-state index contributed by atoms with van der Waals surface area (Å²) in [6.45, 7) is 0. The third kappa shape index (κ3) is 6.16. The molecule has 5 heteroatoms. The maximum atomic E-state index is 12.9. The second kappa shape index (κ2) is 10.2. The highest BCUT2D eigenvalue weighted by Crippen LogP contribution is 2.29. The highest BCUT2D eigenvalue weighted by atomic mass is 32.2. The second-order valence-electron chi connectivity index (χ2n) is 7.91. The van der Waals surface area contributed by atoms with E-state index in [2.05, 4.69) is 4.72 Å². The van der Waals surface area contributed by atoms with Crippen LogP contribution in [0.3, 0.4) is 0 Å². The van der Waals surface area contributed by atoms with Crippen LogP contribution in [0.2, 0.25) is 0 Å². The fourth-order valence-corrected chi connectivity index (χ4v) is 5.53. The summed E-state index contributed by atoms with van der Waals surface area (Å²) in [5.74, 6) is 0.694. The molecular formula is C23H32N2O2S. The predicted molar refractivity (Wildman–Crippen MR) is 115 cm³/mol. The largest absolute Gasteiger partial charge is 0.322 e. The number of sulfonamides is 1. The van der Waals surface area contributed by atoms with Crippen LogP contribution < -0.4 is 10.5 Å². The first-order chi connectivity index (χ1) is 13.6. The monoisotopic (exact) mass is 400 g/mol. The molecule has 1 saturated carbocycles. The lowest BCUT2D eigenvalue weighted by molar-refractivity contribution is 0.440. The molecular weight excluding hydrogens is 368 g/mol. The maximum Gasteiger partial charge on any atom is 0.212 e. The molecule has 3 rings (SSSR count). The smallest absolute Gasteiger partial charge is 0.212 e. The lowest BCUT2D eigenvalue weighted by atomic mass is 9.95. The van der Waals surface area contributed by atoms with Gasteiger partial charge in [-0.2, -0.15) is 0 Å².